The molecule has 1 aromatic heterocycles. The van der Waals surface area contributed by atoms with Crippen molar-refractivity contribution in [1.82, 2.24) is 15.4 Å². The fourth-order valence-corrected chi connectivity index (χ4v) is 3.49. The van der Waals surface area contributed by atoms with E-state index < -0.39 is 0 Å². The molecule has 0 saturated heterocycles. The van der Waals surface area contributed by atoms with Gasteiger partial charge in [-0.15, -0.1) is 0 Å². The molecule has 0 spiro atoms. The van der Waals surface area contributed by atoms with E-state index in [1.165, 1.54) is 6.33 Å². The number of aromatic nitrogens is 2. The zero-order valence-electron chi connectivity index (χ0n) is 16.8. The van der Waals surface area contributed by atoms with E-state index in [1.54, 1.807) is 24.3 Å². The molecule has 4 N–H and O–H groups in total. The van der Waals surface area contributed by atoms with Crippen LogP contribution in [0.5, 0.6) is 0 Å². The van der Waals surface area contributed by atoms with Gasteiger partial charge < -0.3 is 10.6 Å². The van der Waals surface area contributed by atoms with Crippen molar-refractivity contribution in [1.29, 1.82) is 0 Å². The fraction of sp³-hybridized carbons (Fsp3) is 0.0870. The van der Waals surface area contributed by atoms with Crippen LogP contribution in [0.3, 0.4) is 0 Å². The summed E-state index contributed by atoms with van der Waals surface area (Å²) >= 11 is 5.87. The third-order valence-corrected chi connectivity index (χ3v) is 5.15. The molecule has 7 nitrogen and oxygen atoms in total. The molecule has 3 aromatic carbocycles. The monoisotopic (exact) mass is 432 g/mol. The summed E-state index contributed by atoms with van der Waals surface area (Å²) in [6, 6.07) is 20.8. The molecular weight excluding hydrogens is 412 g/mol. The van der Waals surface area contributed by atoms with Gasteiger partial charge in [-0.3, -0.25) is 15.6 Å². The van der Waals surface area contributed by atoms with Crippen molar-refractivity contribution in [2.45, 2.75) is 6.92 Å². The van der Waals surface area contributed by atoms with E-state index in [2.05, 4.69) is 39.0 Å². The number of amides is 1. The van der Waals surface area contributed by atoms with Crippen molar-refractivity contribution in [2.24, 2.45) is 0 Å². The number of nitrogen functional groups attached to an aromatic ring is 1. The summed E-state index contributed by atoms with van der Waals surface area (Å²) in [5.74, 6) is 0.528. The van der Waals surface area contributed by atoms with E-state index in [0.29, 0.717) is 34.5 Å². The quantitative estimate of drug-likeness (QED) is 0.379. The first-order chi connectivity index (χ1) is 15.1. The molecule has 156 valence electrons. The predicted octanol–water partition coefficient (Wildman–Crippen LogP) is 4.78. The molecule has 31 heavy (non-hydrogen) atoms. The van der Waals surface area contributed by atoms with Gasteiger partial charge in [-0.25, -0.2) is 9.97 Å². The van der Waals surface area contributed by atoms with Crippen molar-refractivity contribution in [2.75, 3.05) is 22.6 Å². The number of hydrogen-bond acceptors (Lipinski definition) is 6. The summed E-state index contributed by atoms with van der Waals surface area (Å²) < 4.78 is 0. The standard InChI is InChI=1S/C23H21ClN6O/c1-2-30(19-9-5-7-15-6-3-4-8-18(15)19)22-20(25)21(26-14-27-22)28-29-23(31)16-10-12-17(24)13-11-16/h3-14H,2,25H2,1H3,(H,29,31)(H,26,27,28). The van der Waals surface area contributed by atoms with Gasteiger partial charge in [0.1, 0.15) is 12.0 Å². The number of nitrogens with one attached hydrogen (secondary N) is 2. The Kier molecular flexibility index (Phi) is 5.86. The maximum atomic E-state index is 12.4. The smallest absolute Gasteiger partial charge is 0.269 e. The zero-order chi connectivity index (χ0) is 21.8. The molecular formula is C23H21ClN6O. The van der Waals surface area contributed by atoms with E-state index in [9.17, 15) is 4.79 Å². The maximum absolute atomic E-state index is 12.4. The highest BCUT2D eigenvalue weighted by atomic mass is 35.5. The largest absolute Gasteiger partial charge is 0.393 e. The van der Waals surface area contributed by atoms with Crippen LogP contribution < -0.4 is 21.5 Å². The lowest BCUT2D eigenvalue weighted by Gasteiger charge is -2.25. The van der Waals surface area contributed by atoms with E-state index in [1.807, 2.05) is 36.1 Å². The van der Waals surface area contributed by atoms with Crippen molar-refractivity contribution in [3.05, 3.63) is 83.6 Å². The molecule has 0 aliphatic heterocycles. The molecule has 0 unspecified atom stereocenters. The summed E-state index contributed by atoms with van der Waals surface area (Å²) in [5, 5.41) is 2.78. The van der Waals surface area contributed by atoms with E-state index in [4.69, 9.17) is 17.3 Å². The molecule has 4 aromatic rings. The minimum Gasteiger partial charge on any atom is -0.393 e. The number of anilines is 4. The SMILES string of the molecule is CCN(c1ncnc(NNC(=O)c2ccc(Cl)cc2)c1N)c1cccc2ccccc12. The first kappa shape index (κ1) is 20.4. The lowest BCUT2D eigenvalue weighted by atomic mass is 10.1. The number of fused-ring (bicyclic) bond motifs is 1. The van der Waals surface area contributed by atoms with Crippen LogP contribution in [0, 0.1) is 0 Å². The van der Waals surface area contributed by atoms with Gasteiger partial charge in [-0.05, 0) is 42.6 Å². The second kappa shape index (κ2) is 8.89. The lowest BCUT2D eigenvalue weighted by molar-refractivity contribution is 0.0962. The number of carbonyl (C=O) groups is 1. The average Bonchev–Trinajstić information content (AvgIpc) is 2.80. The topological polar surface area (TPSA) is 96.2 Å². The molecule has 0 atom stereocenters. The highest BCUT2D eigenvalue weighted by molar-refractivity contribution is 6.30. The van der Waals surface area contributed by atoms with Crippen LogP contribution >= 0.6 is 11.6 Å². The van der Waals surface area contributed by atoms with Crippen molar-refractivity contribution >= 4 is 51.3 Å². The number of hydrazine groups is 1. The minimum atomic E-state index is -0.336. The molecule has 0 saturated carbocycles. The van der Waals surface area contributed by atoms with Crippen molar-refractivity contribution in [3.8, 4) is 0 Å². The van der Waals surface area contributed by atoms with Gasteiger partial charge in [0, 0.05) is 22.5 Å². The normalized spacial score (nSPS) is 10.6. The van der Waals surface area contributed by atoms with Gasteiger partial charge in [0.2, 0.25) is 0 Å². The minimum absolute atomic E-state index is 0.311. The molecule has 0 radical (unpaired) electrons. The van der Waals surface area contributed by atoms with Gasteiger partial charge >= 0.3 is 0 Å². The highest BCUT2D eigenvalue weighted by Gasteiger charge is 2.18. The molecule has 4 rings (SSSR count). The summed E-state index contributed by atoms with van der Waals surface area (Å²) in [4.78, 5) is 23.0. The van der Waals surface area contributed by atoms with Crippen LogP contribution in [0.25, 0.3) is 10.8 Å². The summed E-state index contributed by atoms with van der Waals surface area (Å²) in [5.41, 5.74) is 13.6. The van der Waals surface area contributed by atoms with E-state index >= 15 is 0 Å². The van der Waals surface area contributed by atoms with Crippen LogP contribution in [-0.4, -0.2) is 22.4 Å². The molecule has 0 aliphatic rings. The molecule has 0 bridgehead atoms. The lowest BCUT2D eigenvalue weighted by Crippen LogP contribution is -2.30. The third-order valence-electron chi connectivity index (χ3n) is 4.89. The number of nitrogens with two attached hydrogens (primary N) is 1. The number of carbonyl (C=O) groups excluding carboxylic acids is 1. The van der Waals surface area contributed by atoms with Crippen LogP contribution in [0.4, 0.5) is 23.0 Å². The van der Waals surface area contributed by atoms with Gasteiger partial charge in [-0.1, -0.05) is 48.0 Å². The molecule has 8 heteroatoms. The summed E-state index contributed by atoms with van der Waals surface area (Å²) in [7, 11) is 0. The number of benzene rings is 3. The Bertz CT molecular complexity index is 1220. The van der Waals surface area contributed by atoms with Gasteiger partial charge in [-0.2, -0.15) is 0 Å². The van der Waals surface area contributed by atoms with Crippen molar-refractivity contribution < 1.29 is 4.79 Å². The van der Waals surface area contributed by atoms with Gasteiger partial charge in [0.05, 0.1) is 5.69 Å². The van der Waals surface area contributed by atoms with Crippen LogP contribution in [0.1, 0.15) is 17.3 Å². The second-order valence-corrected chi connectivity index (χ2v) is 7.22. The Morgan fingerprint density at radius 1 is 1.03 bits per heavy atom. The third kappa shape index (κ3) is 4.22. The average molecular weight is 433 g/mol. The Labute approximate surface area is 184 Å². The van der Waals surface area contributed by atoms with Crippen LogP contribution in [0.2, 0.25) is 5.02 Å². The Hall–Kier alpha value is -3.84. The number of halogens is 1. The van der Waals surface area contributed by atoms with E-state index in [0.717, 1.165) is 16.5 Å². The summed E-state index contributed by atoms with van der Waals surface area (Å²) in [6.07, 6.45) is 1.41. The maximum Gasteiger partial charge on any atom is 0.269 e. The molecule has 0 aliphatic carbocycles. The number of hydrogen-bond donors (Lipinski definition) is 3. The second-order valence-electron chi connectivity index (χ2n) is 6.79. The predicted molar refractivity (Wildman–Crippen MR) is 126 cm³/mol. The van der Waals surface area contributed by atoms with E-state index in [-0.39, 0.29) is 5.91 Å². The zero-order valence-corrected chi connectivity index (χ0v) is 17.6. The number of rotatable bonds is 6. The number of nitrogens with zero attached hydrogens (tertiary/aromatic N) is 3. The Morgan fingerprint density at radius 3 is 2.55 bits per heavy atom. The highest BCUT2D eigenvalue weighted by Crippen LogP contribution is 2.35. The van der Waals surface area contributed by atoms with Gasteiger partial charge in [0.15, 0.2) is 11.6 Å². The summed E-state index contributed by atoms with van der Waals surface area (Å²) in [6.45, 7) is 2.67. The first-order valence-electron chi connectivity index (χ1n) is 9.76. The van der Waals surface area contributed by atoms with Gasteiger partial charge in [0.25, 0.3) is 5.91 Å². The molecule has 0 fully saturated rings. The molecule has 1 heterocycles. The Balaban J connectivity index is 1.61. The van der Waals surface area contributed by atoms with Crippen molar-refractivity contribution in [3.63, 3.8) is 0 Å². The van der Waals surface area contributed by atoms with Crippen LogP contribution in [0.15, 0.2) is 73.1 Å². The Morgan fingerprint density at radius 2 is 1.77 bits per heavy atom. The van der Waals surface area contributed by atoms with Crippen LogP contribution in [-0.2, 0) is 0 Å². The fourth-order valence-electron chi connectivity index (χ4n) is 3.37. The molecule has 1 amide bonds. The first-order valence-corrected chi connectivity index (χ1v) is 10.1.